The standard InChI is InChI=1S/C11H12BrN5OS/c1-5-7(12)8(17(2)16-5)9(18)13-11-15-14-10(19-11)6-3-4-6/h6H,3-4H2,1-2H3,(H,13,15,18). The number of anilines is 1. The van der Waals surface area contributed by atoms with Gasteiger partial charge in [0.15, 0.2) is 0 Å². The van der Waals surface area contributed by atoms with E-state index in [1.54, 1.807) is 11.7 Å². The number of aromatic nitrogens is 4. The molecular formula is C11H12BrN5OS. The van der Waals surface area contributed by atoms with Crippen molar-refractivity contribution in [3.63, 3.8) is 0 Å². The number of carbonyl (C=O) groups excluding carboxylic acids is 1. The number of nitrogens with zero attached hydrogens (tertiary/aromatic N) is 4. The Balaban J connectivity index is 1.79. The molecule has 0 aromatic carbocycles. The third-order valence-corrected chi connectivity index (χ3v) is 4.90. The lowest BCUT2D eigenvalue weighted by molar-refractivity contribution is 0.101. The van der Waals surface area contributed by atoms with Gasteiger partial charge in [-0.3, -0.25) is 14.8 Å². The van der Waals surface area contributed by atoms with Crippen LogP contribution in [0, 0.1) is 6.92 Å². The molecule has 0 atom stereocenters. The minimum Gasteiger partial charge on any atom is -0.295 e. The van der Waals surface area contributed by atoms with Crippen molar-refractivity contribution in [2.24, 2.45) is 7.05 Å². The molecule has 19 heavy (non-hydrogen) atoms. The van der Waals surface area contributed by atoms with Gasteiger partial charge in [-0.2, -0.15) is 5.10 Å². The van der Waals surface area contributed by atoms with E-state index in [0.717, 1.165) is 10.7 Å². The highest BCUT2D eigenvalue weighted by atomic mass is 79.9. The summed E-state index contributed by atoms with van der Waals surface area (Å²) in [6.07, 6.45) is 2.35. The number of amides is 1. The van der Waals surface area contributed by atoms with E-state index in [4.69, 9.17) is 0 Å². The summed E-state index contributed by atoms with van der Waals surface area (Å²) in [7, 11) is 1.74. The van der Waals surface area contributed by atoms with E-state index in [-0.39, 0.29) is 5.91 Å². The Labute approximate surface area is 122 Å². The second-order valence-electron chi connectivity index (χ2n) is 4.55. The smallest absolute Gasteiger partial charge is 0.276 e. The zero-order chi connectivity index (χ0) is 13.6. The number of aryl methyl sites for hydroxylation is 2. The predicted octanol–water partition coefficient (Wildman–Crippen LogP) is 2.47. The summed E-state index contributed by atoms with van der Waals surface area (Å²) in [5, 5.41) is 16.6. The Hall–Kier alpha value is -1.28. The second kappa shape index (κ2) is 4.68. The van der Waals surface area contributed by atoms with E-state index in [1.165, 1.54) is 24.2 Å². The minimum atomic E-state index is -0.228. The van der Waals surface area contributed by atoms with Crippen molar-refractivity contribution in [1.82, 2.24) is 20.0 Å². The third-order valence-electron chi connectivity index (χ3n) is 2.95. The number of halogens is 1. The predicted molar refractivity (Wildman–Crippen MR) is 75.5 cm³/mol. The third kappa shape index (κ3) is 2.42. The molecule has 0 saturated heterocycles. The summed E-state index contributed by atoms with van der Waals surface area (Å²) in [5.74, 6) is 0.322. The molecule has 1 aliphatic carbocycles. The van der Waals surface area contributed by atoms with Crippen LogP contribution in [0.2, 0.25) is 0 Å². The van der Waals surface area contributed by atoms with Crippen LogP contribution in [0.4, 0.5) is 5.13 Å². The van der Waals surface area contributed by atoms with Crippen LogP contribution in [0.15, 0.2) is 4.47 Å². The molecule has 0 spiro atoms. The van der Waals surface area contributed by atoms with Crippen molar-refractivity contribution in [3.8, 4) is 0 Å². The molecule has 1 saturated carbocycles. The summed E-state index contributed by atoms with van der Waals surface area (Å²) < 4.78 is 2.26. The highest BCUT2D eigenvalue weighted by Crippen LogP contribution is 2.42. The zero-order valence-electron chi connectivity index (χ0n) is 10.5. The fourth-order valence-corrected chi connectivity index (χ4v) is 3.24. The van der Waals surface area contributed by atoms with Crippen LogP contribution in [0.25, 0.3) is 0 Å². The number of nitrogens with one attached hydrogen (secondary N) is 1. The number of rotatable bonds is 3. The van der Waals surface area contributed by atoms with Gasteiger partial charge in [-0.05, 0) is 35.7 Å². The van der Waals surface area contributed by atoms with Crippen molar-refractivity contribution in [2.45, 2.75) is 25.7 Å². The molecule has 100 valence electrons. The fraction of sp³-hybridized carbons (Fsp3) is 0.455. The van der Waals surface area contributed by atoms with Crippen molar-refractivity contribution in [2.75, 3.05) is 5.32 Å². The minimum absolute atomic E-state index is 0.228. The first-order valence-electron chi connectivity index (χ1n) is 5.90. The van der Waals surface area contributed by atoms with Gasteiger partial charge in [-0.25, -0.2) is 0 Å². The summed E-state index contributed by atoms with van der Waals surface area (Å²) in [6.45, 7) is 1.84. The lowest BCUT2D eigenvalue weighted by atomic mass is 10.3. The largest absolute Gasteiger partial charge is 0.295 e. The number of hydrogen-bond donors (Lipinski definition) is 1. The van der Waals surface area contributed by atoms with Crippen molar-refractivity contribution < 1.29 is 4.79 Å². The lowest BCUT2D eigenvalue weighted by Gasteiger charge is -2.01. The first-order valence-corrected chi connectivity index (χ1v) is 7.51. The SMILES string of the molecule is Cc1nn(C)c(C(=O)Nc2nnc(C3CC3)s2)c1Br. The van der Waals surface area contributed by atoms with Gasteiger partial charge in [0, 0.05) is 13.0 Å². The van der Waals surface area contributed by atoms with Gasteiger partial charge < -0.3 is 0 Å². The Kier molecular flexibility index (Phi) is 3.14. The van der Waals surface area contributed by atoms with Crippen LogP contribution in [0.1, 0.15) is 39.9 Å². The number of hydrogen-bond acceptors (Lipinski definition) is 5. The Bertz CT molecular complexity index is 646. The van der Waals surface area contributed by atoms with Gasteiger partial charge in [0.05, 0.1) is 10.2 Å². The second-order valence-corrected chi connectivity index (χ2v) is 6.35. The van der Waals surface area contributed by atoms with E-state index >= 15 is 0 Å². The van der Waals surface area contributed by atoms with Crippen LogP contribution in [-0.4, -0.2) is 25.9 Å². The van der Waals surface area contributed by atoms with E-state index in [0.29, 0.717) is 21.2 Å². The molecule has 6 nitrogen and oxygen atoms in total. The van der Waals surface area contributed by atoms with Gasteiger partial charge in [0.1, 0.15) is 10.7 Å². The lowest BCUT2D eigenvalue weighted by Crippen LogP contribution is -2.16. The fourth-order valence-electron chi connectivity index (χ4n) is 1.82. The topological polar surface area (TPSA) is 72.7 Å². The Morgan fingerprint density at radius 2 is 2.21 bits per heavy atom. The maximum Gasteiger partial charge on any atom is 0.276 e. The highest BCUT2D eigenvalue weighted by molar-refractivity contribution is 9.10. The molecule has 1 N–H and O–H groups in total. The van der Waals surface area contributed by atoms with E-state index < -0.39 is 0 Å². The summed E-state index contributed by atoms with van der Waals surface area (Å²) in [4.78, 5) is 12.2. The normalized spacial score (nSPS) is 14.7. The van der Waals surface area contributed by atoms with Crippen molar-refractivity contribution >= 4 is 38.3 Å². The van der Waals surface area contributed by atoms with Gasteiger partial charge >= 0.3 is 0 Å². The molecule has 0 aliphatic heterocycles. The molecular weight excluding hydrogens is 330 g/mol. The highest BCUT2D eigenvalue weighted by Gasteiger charge is 2.28. The van der Waals surface area contributed by atoms with Gasteiger partial charge in [0.25, 0.3) is 5.91 Å². The average molecular weight is 342 g/mol. The summed E-state index contributed by atoms with van der Waals surface area (Å²) in [6, 6.07) is 0. The monoisotopic (exact) mass is 341 g/mol. The molecule has 1 amide bonds. The molecule has 3 rings (SSSR count). The van der Waals surface area contributed by atoms with Gasteiger partial charge in [-0.1, -0.05) is 11.3 Å². The van der Waals surface area contributed by atoms with E-state index in [2.05, 4.69) is 36.5 Å². The molecule has 2 aromatic rings. The first kappa shape index (κ1) is 12.7. The van der Waals surface area contributed by atoms with Crippen molar-refractivity contribution in [3.05, 3.63) is 20.9 Å². The molecule has 0 radical (unpaired) electrons. The van der Waals surface area contributed by atoms with E-state index in [9.17, 15) is 4.79 Å². The van der Waals surface area contributed by atoms with Crippen LogP contribution in [-0.2, 0) is 7.05 Å². The zero-order valence-corrected chi connectivity index (χ0v) is 12.9. The molecule has 0 unspecified atom stereocenters. The van der Waals surface area contributed by atoms with Gasteiger partial charge in [-0.15, -0.1) is 10.2 Å². The van der Waals surface area contributed by atoms with Crippen LogP contribution in [0.3, 0.4) is 0 Å². The quantitative estimate of drug-likeness (QED) is 0.930. The first-order chi connectivity index (χ1) is 9.06. The Morgan fingerprint density at radius 1 is 1.47 bits per heavy atom. The molecule has 2 heterocycles. The molecule has 0 bridgehead atoms. The van der Waals surface area contributed by atoms with Gasteiger partial charge in [0.2, 0.25) is 5.13 Å². The maximum atomic E-state index is 12.2. The summed E-state index contributed by atoms with van der Waals surface area (Å²) in [5.41, 5.74) is 1.27. The van der Waals surface area contributed by atoms with Crippen molar-refractivity contribution in [1.29, 1.82) is 0 Å². The molecule has 1 aliphatic rings. The van der Waals surface area contributed by atoms with Crippen LogP contribution < -0.4 is 5.32 Å². The molecule has 1 fully saturated rings. The summed E-state index contributed by atoms with van der Waals surface area (Å²) >= 11 is 4.82. The molecule has 8 heteroatoms. The number of carbonyl (C=O) groups is 1. The average Bonchev–Trinajstić information content (AvgIpc) is 3.04. The molecule has 2 aromatic heterocycles. The van der Waals surface area contributed by atoms with E-state index in [1.807, 2.05) is 6.92 Å². The maximum absolute atomic E-state index is 12.2. The Morgan fingerprint density at radius 3 is 2.79 bits per heavy atom. The van der Waals surface area contributed by atoms with Crippen LogP contribution in [0.5, 0.6) is 0 Å². The van der Waals surface area contributed by atoms with Crippen LogP contribution >= 0.6 is 27.3 Å².